The van der Waals surface area contributed by atoms with Crippen LogP contribution in [-0.4, -0.2) is 74.1 Å². The number of carbonyl (C=O) groups is 4. The second kappa shape index (κ2) is 8.45. The molecule has 0 aromatic carbocycles. The Balaban J connectivity index is 3.53. The Bertz CT molecular complexity index is 556. The molecule has 1 aliphatic rings. The fourth-order valence-electron chi connectivity index (χ4n) is 2.71. The number of ether oxygens (including phenoxy) is 4. The van der Waals surface area contributed by atoms with E-state index in [9.17, 15) is 19.2 Å². The number of hydrogen-bond acceptors (Lipinski definition) is 10. The molecule has 1 rings (SSSR count). The molecule has 0 aliphatic carbocycles. The van der Waals surface area contributed by atoms with Gasteiger partial charge in [0.15, 0.2) is 6.10 Å². The van der Waals surface area contributed by atoms with Crippen molar-refractivity contribution in [3.63, 3.8) is 0 Å². The quantitative estimate of drug-likeness (QED) is 0.352. The summed E-state index contributed by atoms with van der Waals surface area (Å²) in [6.45, 7) is 6.37. The molecule has 0 aromatic rings. The first-order valence-electron chi connectivity index (χ1n) is 8.02. The van der Waals surface area contributed by atoms with E-state index in [1.165, 1.54) is 7.05 Å². The molecule has 1 aliphatic heterocycles. The van der Waals surface area contributed by atoms with Crippen LogP contribution in [0.4, 0.5) is 0 Å². The van der Waals surface area contributed by atoms with Crippen molar-refractivity contribution >= 4 is 23.9 Å². The molecule has 0 N–H and O–H groups in total. The largest absolute Gasteiger partial charge is 0.467 e. The maximum Gasteiger partial charge on any atom is 0.341 e. The van der Waals surface area contributed by atoms with Gasteiger partial charge < -0.3 is 18.9 Å². The molecular weight excluding hydrogens is 350 g/mol. The Morgan fingerprint density at radius 2 is 1.31 bits per heavy atom. The van der Waals surface area contributed by atoms with E-state index >= 15 is 0 Å². The van der Waals surface area contributed by atoms with Gasteiger partial charge >= 0.3 is 23.9 Å². The zero-order chi connectivity index (χ0) is 20.2. The highest BCUT2D eigenvalue weighted by molar-refractivity contribution is 6.10. The van der Waals surface area contributed by atoms with Gasteiger partial charge in [-0.1, -0.05) is 0 Å². The topological polar surface area (TPSA) is 118 Å². The smallest absolute Gasteiger partial charge is 0.341 e. The highest BCUT2D eigenvalue weighted by Crippen LogP contribution is 2.40. The average Bonchev–Trinajstić information content (AvgIpc) is 2.86. The summed E-state index contributed by atoms with van der Waals surface area (Å²) in [6.07, 6.45) is -2.67. The highest BCUT2D eigenvalue weighted by Gasteiger charge is 2.71. The zero-order valence-electron chi connectivity index (χ0n) is 15.9. The predicted molar refractivity (Wildman–Crippen MR) is 85.3 cm³/mol. The molecule has 10 heteroatoms. The minimum Gasteiger partial charge on any atom is -0.467 e. The summed E-state index contributed by atoms with van der Waals surface area (Å²) in [5.74, 6) is -5.85. The van der Waals surface area contributed by atoms with Crippen molar-refractivity contribution in [1.82, 2.24) is 5.06 Å². The molecule has 2 atom stereocenters. The molecule has 0 unspecified atom stereocenters. The van der Waals surface area contributed by atoms with Crippen molar-refractivity contribution in [3.05, 3.63) is 0 Å². The first kappa shape index (κ1) is 21.8. The van der Waals surface area contributed by atoms with Gasteiger partial charge in [0.25, 0.3) is 5.54 Å². The third kappa shape index (κ3) is 3.80. The zero-order valence-corrected chi connectivity index (χ0v) is 15.9. The Hall–Kier alpha value is -2.20. The van der Waals surface area contributed by atoms with Gasteiger partial charge in [0, 0.05) is 7.05 Å². The first-order chi connectivity index (χ1) is 12.0. The van der Waals surface area contributed by atoms with Gasteiger partial charge in [-0.25, -0.2) is 14.4 Å². The van der Waals surface area contributed by atoms with Crippen LogP contribution in [-0.2, 0) is 43.0 Å². The van der Waals surface area contributed by atoms with Gasteiger partial charge in [0.2, 0.25) is 0 Å². The summed E-state index contributed by atoms with van der Waals surface area (Å²) in [5.41, 5.74) is -2.35. The maximum atomic E-state index is 12.7. The normalized spacial score (nSPS) is 22.2. The lowest BCUT2D eigenvalue weighted by Gasteiger charge is -2.31. The summed E-state index contributed by atoms with van der Waals surface area (Å²) in [7, 11) is 3.28. The fraction of sp³-hybridized carbons (Fsp3) is 0.750. The van der Waals surface area contributed by atoms with Crippen LogP contribution in [0, 0.1) is 5.92 Å². The minimum atomic E-state index is -2.35. The summed E-state index contributed by atoms with van der Waals surface area (Å²) < 4.78 is 19.6. The molecule has 148 valence electrons. The van der Waals surface area contributed by atoms with E-state index < -0.39 is 53.6 Å². The number of methoxy groups -OCH3 is 2. The Kier molecular flexibility index (Phi) is 7.10. The minimum absolute atomic E-state index is 0.510. The van der Waals surface area contributed by atoms with E-state index in [0.717, 1.165) is 19.3 Å². The van der Waals surface area contributed by atoms with Gasteiger partial charge in [0.1, 0.15) is 5.92 Å². The molecule has 1 heterocycles. The number of rotatable bonds is 6. The van der Waals surface area contributed by atoms with E-state index in [-0.39, 0.29) is 0 Å². The molecule has 0 saturated carbocycles. The van der Waals surface area contributed by atoms with Crippen molar-refractivity contribution in [1.29, 1.82) is 0 Å². The number of nitrogens with zero attached hydrogens (tertiary/aromatic N) is 1. The Morgan fingerprint density at radius 1 is 0.885 bits per heavy atom. The summed E-state index contributed by atoms with van der Waals surface area (Å²) in [4.78, 5) is 55.6. The van der Waals surface area contributed by atoms with Crippen LogP contribution < -0.4 is 0 Å². The highest BCUT2D eigenvalue weighted by atomic mass is 16.7. The Morgan fingerprint density at radius 3 is 1.69 bits per heavy atom. The van der Waals surface area contributed by atoms with Crippen molar-refractivity contribution in [3.8, 4) is 0 Å². The molecule has 1 fully saturated rings. The van der Waals surface area contributed by atoms with Crippen LogP contribution >= 0.6 is 0 Å². The molecule has 1 saturated heterocycles. The lowest BCUT2D eigenvalue weighted by atomic mass is 9.80. The van der Waals surface area contributed by atoms with Crippen molar-refractivity contribution in [2.45, 2.75) is 51.5 Å². The summed E-state index contributed by atoms with van der Waals surface area (Å²) >= 11 is 0. The molecule has 26 heavy (non-hydrogen) atoms. The maximum absolute atomic E-state index is 12.7. The second-order valence-electron chi connectivity index (χ2n) is 6.22. The van der Waals surface area contributed by atoms with Crippen LogP contribution in [0.1, 0.15) is 27.7 Å². The van der Waals surface area contributed by atoms with E-state index in [1.54, 1.807) is 27.7 Å². The molecule has 10 nitrogen and oxygen atoms in total. The molecule has 0 aromatic heterocycles. The van der Waals surface area contributed by atoms with Crippen LogP contribution in [0.3, 0.4) is 0 Å². The predicted octanol–water partition coefficient (Wildman–Crippen LogP) is -0.164. The van der Waals surface area contributed by atoms with Crippen LogP contribution in [0.5, 0.6) is 0 Å². The van der Waals surface area contributed by atoms with Gasteiger partial charge in [-0.15, -0.1) is 0 Å². The number of likely N-dealkylation sites (N-methyl/N-ethyl adjacent to an activating group) is 1. The molecule has 0 spiro atoms. The van der Waals surface area contributed by atoms with Crippen LogP contribution in [0.15, 0.2) is 0 Å². The molecule has 0 amide bonds. The fourth-order valence-corrected chi connectivity index (χ4v) is 2.71. The monoisotopic (exact) mass is 375 g/mol. The number of esters is 4. The van der Waals surface area contributed by atoms with Crippen molar-refractivity contribution in [2.75, 3.05) is 21.3 Å². The van der Waals surface area contributed by atoms with E-state index in [4.69, 9.17) is 23.8 Å². The van der Waals surface area contributed by atoms with Gasteiger partial charge in [-0.2, -0.15) is 5.06 Å². The SMILES string of the molecule is COC(=O)C1(C(=O)OC)[C@H](C(=O)OC(C)C)[C@H](C(=O)OC(C)C)ON1C. The third-order valence-electron chi connectivity index (χ3n) is 3.70. The number of carbonyl (C=O) groups excluding carboxylic acids is 4. The van der Waals surface area contributed by atoms with E-state index in [1.807, 2.05) is 0 Å². The van der Waals surface area contributed by atoms with Crippen molar-refractivity contribution in [2.24, 2.45) is 5.92 Å². The lowest BCUT2D eigenvalue weighted by molar-refractivity contribution is -0.209. The van der Waals surface area contributed by atoms with E-state index in [2.05, 4.69) is 0 Å². The number of hydroxylamine groups is 2. The average molecular weight is 375 g/mol. The molecule has 0 radical (unpaired) electrons. The lowest BCUT2D eigenvalue weighted by Crippen LogP contribution is -2.62. The van der Waals surface area contributed by atoms with Gasteiger partial charge in [0.05, 0.1) is 26.4 Å². The Labute approximate surface area is 151 Å². The van der Waals surface area contributed by atoms with Gasteiger partial charge in [-0.3, -0.25) is 9.63 Å². The van der Waals surface area contributed by atoms with Crippen LogP contribution in [0.2, 0.25) is 0 Å². The van der Waals surface area contributed by atoms with Crippen LogP contribution in [0.25, 0.3) is 0 Å². The standard InChI is InChI=1S/C16H25NO9/c1-8(2)24-12(18)10-11(13(19)25-9(3)4)26-17(5)16(10,14(20)22-6)15(21)23-7/h8-11H,1-7H3/t10-,11+/m0/s1. The molecule has 0 bridgehead atoms. The number of hydrogen-bond donors (Lipinski definition) is 0. The third-order valence-corrected chi connectivity index (χ3v) is 3.70. The van der Waals surface area contributed by atoms with Gasteiger partial charge in [-0.05, 0) is 27.7 Å². The van der Waals surface area contributed by atoms with E-state index in [0.29, 0.717) is 0 Å². The first-order valence-corrected chi connectivity index (χ1v) is 8.02. The second-order valence-corrected chi connectivity index (χ2v) is 6.22. The summed E-state index contributed by atoms with van der Waals surface area (Å²) in [5, 5.41) is 0.781. The summed E-state index contributed by atoms with van der Waals surface area (Å²) in [6, 6.07) is 0. The molecular formula is C16H25NO9. The van der Waals surface area contributed by atoms with Crippen molar-refractivity contribution < 1.29 is 43.0 Å².